The van der Waals surface area contributed by atoms with Crippen molar-refractivity contribution in [2.75, 3.05) is 16.8 Å². The number of nitrogen functional groups attached to an aromatic ring is 2. The summed E-state index contributed by atoms with van der Waals surface area (Å²) in [5.41, 5.74) is 14.6. The summed E-state index contributed by atoms with van der Waals surface area (Å²) < 4.78 is 13.5. The van der Waals surface area contributed by atoms with Crippen LogP contribution >= 0.6 is 0 Å². The Labute approximate surface area is 144 Å². The zero-order chi connectivity index (χ0) is 18.0. The van der Waals surface area contributed by atoms with Crippen LogP contribution in [0.15, 0.2) is 48.7 Å². The Morgan fingerprint density at radius 1 is 1.12 bits per heavy atom. The minimum atomic E-state index is -0.304. The lowest BCUT2D eigenvalue weighted by molar-refractivity contribution is 0.618. The van der Waals surface area contributed by atoms with Crippen LogP contribution in [0, 0.1) is 18.2 Å². The molecule has 0 bridgehead atoms. The van der Waals surface area contributed by atoms with Gasteiger partial charge in [-0.25, -0.2) is 9.37 Å². The molecule has 126 valence electrons. The molecule has 0 unspecified atom stereocenters. The highest BCUT2D eigenvalue weighted by Crippen LogP contribution is 2.24. The Morgan fingerprint density at radius 3 is 2.64 bits per heavy atom. The summed E-state index contributed by atoms with van der Waals surface area (Å²) in [4.78, 5) is 7.91. The average molecular weight is 336 g/mol. The Balaban J connectivity index is 1.93. The van der Waals surface area contributed by atoms with Crippen molar-refractivity contribution >= 4 is 28.9 Å². The van der Waals surface area contributed by atoms with Gasteiger partial charge in [0.15, 0.2) is 0 Å². The van der Waals surface area contributed by atoms with Crippen molar-refractivity contribution in [2.24, 2.45) is 0 Å². The molecular formula is C18H17FN6. The van der Waals surface area contributed by atoms with Gasteiger partial charge in [-0.05, 0) is 55.0 Å². The Kier molecular flexibility index (Phi) is 4.30. The number of halogens is 1. The van der Waals surface area contributed by atoms with Gasteiger partial charge in [-0.2, -0.15) is 4.98 Å². The van der Waals surface area contributed by atoms with Crippen LogP contribution in [0.25, 0.3) is 0 Å². The van der Waals surface area contributed by atoms with E-state index >= 15 is 0 Å². The minimum absolute atomic E-state index is 0.162. The number of aryl methyl sites for hydroxylation is 1. The second-order valence-electron chi connectivity index (χ2n) is 5.57. The summed E-state index contributed by atoms with van der Waals surface area (Å²) in [6.07, 6.45) is 1.55. The van der Waals surface area contributed by atoms with E-state index in [4.69, 9.17) is 16.9 Å². The fourth-order valence-electron chi connectivity index (χ4n) is 2.40. The fourth-order valence-corrected chi connectivity index (χ4v) is 2.40. The fraction of sp³-hybridized carbons (Fsp3) is 0.0556. The highest BCUT2D eigenvalue weighted by Gasteiger charge is 2.11. The second kappa shape index (κ2) is 6.56. The normalized spacial score (nSPS) is 10.5. The first-order valence-electron chi connectivity index (χ1n) is 7.54. The quantitative estimate of drug-likeness (QED) is 0.431. The number of nitrogens with zero attached hydrogens (tertiary/aromatic N) is 2. The van der Waals surface area contributed by atoms with Gasteiger partial charge in [0.25, 0.3) is 0 Å². The Bertz CT molecular complexity index is 954. The lowest BCUT2D eigenvalue weighted by Crippen LogP contribution is -2.07. The zero-order valence-electron chi connectivity index (χ0n) is 13.5. The molecule has 1 heterocycles. The maximum atomic E-state index is 13.5. The van der Waals surface area contributed by atoms with Crippen LogP contribution in [-0.2, 0) is 0 Å². The number of nitrogens with two attached hydrogens (primary N) is 2. The van der Waals surface area contributed by atoms with Crippen molar-refractivity contribution in [2.45, 2.75) is 6.92 Å². The Hall–Kier alpha value is -3.48. The summed E-state index contributed by atoms with van der Waals surface area (Å²) in [6.45, 7) is 1.66. The smallest absolute Gasteiger partial charge is 0.221 e. The first-order chi connectivity index (χ1) is 11.9. The molecule has 6 nitrogen and oxygen atoms in total. The van der Waals surface area contributed by atoms with E-state index < -0.39 is 0 Å². The molecule has 0 amide bonds. The molecule has 0 saturated carbocycles. The van der Waals surface area contributed by atoms with Crippen molar-refractivity contribution in [1.82, 2.24) is 9.97 Å². The zero-order valence-corrected chi connectivity index (χ0v) is 13.5. The van der Waals surface area contributed by atoms with Gasteiger partial charge in [0.1, 0.15) is 11.6 Å². The molecule has 6 N–H and O–H groups in total. The van der Waals surface area contributed by atoms with Crippen molar-refractivity contribution in [3.8, 4) is 0 Å². The molecule has 0 radical (unpaired) electrons. The van der Waals surface area contributed by atoms with Crippen molar-refractivity contribution in [3.63, 3.8) is 0 Å². The predicted molar refractivity (Wildman–Crippen MR) is 97.6 cm³/mol. The first kappa shape index (κ1) is 16.4. The van der Waals surface area contributed by atoms with E-state index in [1.807, 2.05) is 0 Å². The number of benzene rings is 2. The average Bonchev–Trinajstić information content (AvgIpc) is 2.58. The van der Waals surface area contributed by atoms with Gasteiger partial charge in [0.05, 0.1) is 5.71 Å². The van der Waals surface area contributed by atoms with Crippen LogP contribution in [0.4, 0.5) is 27.5 Å². The first-order valence-corrected chi connectivity index (χ1v) is 7.54. The van der Waals surface area contributed by atoms with E-state index in [1.165, 1.54) is 6.07 Å². The number of nitrogens with one attached hydrogen (secondary N) is 2. The molecule has 3 rings (SSSR count). The van der Waals surface area contributed by atoms with Crippen LogP contribution < -0.4 is 16.8 Å². The van der Waals surface area contributed by atoms with E-state index in [2.05, 4.69) is 15.3 Å². The van der Waals surface area contributed by atoms with Crippen molar-refractivity contribution in [3.05, 3.63) is 71.2 Å². The van der Waals surface area contributed by atoms with Gasteiger partial charge in [-0.1, -0.05) is 0 Å². The number of hydrogen-bond acceptors (Lipinski definition) is 6. The van der Waals surface area contributed by atoms with E-state index in [0.717, 1.165) is 0 Å². The van der Waals surface area contributed by atoms with Crippen LogP contribution in [0.5, 0.6) is 0 Å². The van der Waals surface area contributed by atoms with E-state index in [9.17, 15) is 4.39 Å². The van der Waals surface area contributed by atoms with Gasteiger partial charge < -0.3 is 16.8 Å². The molecule has 0 aliphatic rings. The van der Waals surface area contributed by atoms with Crippen LogP contribution in [-0.4, -0.2) is 15.7 Å². The van der Waals surface area contributed by atoms with E-state index in [1.54, 1.807) is 49.5 Å². The molecule has 0 aliphatic heterocycles. The van der Waals surface area contributed by atoms with Crippen LogP contribution in [0.3, 0.4) is 0 Å². The van der Waals surface area contributed by atoms with Gasteiger partial charge in [0.2, 0.25) is 5.95 Å². The summed E-state index contributed by atoms with van der Waals surface area (Å²) in [5, 5.41) is 11.5. The van der Waals surface area contributed by atoms with E-state index in [-0.39, 0.29) is 17.5 Å². The van der Waals surface area contributed by atoms with Crippen LogP contribution in [0.1, 0.15) is 16.7 Å². The van der Waals surface area contributed by atoms with Gasteiger partial charge >= 0.3 is 0 Å². The third kappa shape index (κ3) is 3.55. The molecule has 0 aliphatic carbocycles. The monoisotopic (exact) mass is 336 g/mol. The lowest BCUT2D eigenvalue weighted by Gasteiger charge is -2.12. The second-order valence-corrected chi connectivity index (χ2v) is 5.57. The summed E-state index contributed by atoms with van der Waals surface area (Å²) >= 11 is 0. The topological polar surface area (TPSA) is 114 Å². The third-order valence-electron chi connectivity index (χ3n) is 3.72. The van der Waals surface area contributed by atoms with Crippen molar-refractivity contribution in [1.29, 1.82) is 5.41 Å². The molecule has 25 heavy (non-hydrogen) atoms. The summed E-state index contributed by atoms with van der Waals surface area (Å²) in [6, 6.07) is 11.4. The number of rotatable bonds is 4. The molecule has 7 heteroatoms. The minimum Gasteiger partial charge on any atom is -0.398 e. The predicted octanol–water partition coefficient (Wildman–Crippen LogP) is 3.25. The van der Waals surface area contributed by atoms with E-state index in [0.29, 0.717) is 33.9 Å². The molecule has 0 fully saturated rings. The molecule has 0 atom stereocenters. The molecule has 3 aromatic rings. The molecule has 0 spiro atoms. The number of hydrogen-bond donors (Lipinski definition) is 4. The molecule has 1 aromatic heterocycles. The summed E-state index contributed by atoms with van der Waals surface area (Å²) in [7, 11) is 0. The highest BCUT2D eigenvalue weighted by atomic mass is 19.1. The van der Waals surface area contributed by atoms with Gasteiger partial charge in [-0.15, -0.1) is 0 Å². The largest absolute Gasteiger partial charge is 0.398 e. The molecular weight excluding hydrogens is 319 g/mol. The lowest BCUT2D eigenvalue weighted by atomic mass is 9.99. The van der Waals surface area contributed by atoms with Crippen molar-refractivity contribution < 1.29 is 4.39 Å². The SMILES string of the molecule is Cc1cc(C(=N)c2cc(Nc3ccnc(N)n3)ccc2N)ccc1F. The number of anilines is 4. The maximum absolute atomic E-state index is 13.5. The van der Waals surface area contributed by atoms with Gasteiger partial charge in [0, 0.05) is 28.7 Å². The maximum Gasteiger partial charge on any atom is 0.221 e. The molecule has 0 saturated heterocycles. The standard InChI is InChI=1S/C18H17FN6/c1-10-8-11(2-4-14(10)19)17(21)13-9-12(3-5-15(13)20)24-16-6-7-23-18(22)25-16/h2-9,21H,20H2,1H3,(H3,22,23,24,25). The van der Waals surface area contributed by atoms with Gasteiger partial charge in [-0.3, -0.25) is 5.41 Å². The highest BCUT2D eigenvalue weighted by molar-refractivity contribution is 6.14. The Morgan fingerprint density at radius 2 is 1.92 bits per heavy atom. The third-order valence-corrected chi connectivity index (χ3v) is 3.72. The van der Waals surface area contributed by atoms with Crippen LogP contribution in [0.2, 0.25) is 0 Å². The number of aromatic nitrogens is 2. The molecule has 2 aromatic carbocycles. The summed E-state index contributed by atoms with van der Waals surface area (Å²) in [5.74, 6) is 0.392.